The molecule has 0 spiro atoms. The number of aryl methyl sites for hydroxylation is 1. The van der Waals surface area contributed by atoms with Crippen LogP contribution in [0.3, 0.4) is 0 Å². The first-order valence-corrected chi connectivity index (χ1v) is 13.6. The van der Waals surface area contributed by atoms with Crippen LogP contribution in [0, 0.1) is 12.8 Å². The van der Waals surface area contributed by atoms with Crippen LogP contribution in [-0.4, -0.2) is 44.8 Å². The van der Waals surface area contributed by atoms with Crippen molar-refractivity contribution in [1.82, 2.24) is 9.73 Å². The molecule has 0 saturated heterocycles. The topological polar surface area (TPSA) is 112 Å². The SMILES string of the molecule is C/C(=N\NS(=O)(=O)c1ccc(C)cc1)[C@H](CN(C)C)[C@@H](c1ccccc1)c1c(O)c2ccccc2oc1=O. The summed E-state index contributed by atoms with van der Waals surface area (Å²) in [6.45, 7) is 3.99. The van der Waals surface area contributed by atoms with Crippen molar-refractivity contribution < 1.29 is 17.9 Å². The van der Waals surface area contributed by atoms with Gasteiger partial charge in [-0.1, -0.05) is 60.2 Å². The first kappa shape index (κ1) is 27.1. The van der Waals surface area contributed by atoms with Crippen molar-refractivity contribution in [1.29, 1.82) is 0 Å². The van der Waals surface area contributed by atoms with Crippen LogP contribution in [0.5, 0.6) is 5.75 Å². The minimum Gasteiger partial charge on any atom is -0.507 e. The number of hydrazone groups is 1. The molecule has 0 saturated carbocycles. The number of benzene rings is 3. The third-order valence-electron chi connectivity index (χ3n) is 6.46. The van der Waals surface area contributed by atoms with Crippen LogP contribution in [-0.2, 0) is 10.0 Å². The van der Waals surface area contributed by atoms with E-state index in [4.69, 9.17) is 4.42 Å². The van der Waals surface area contributed by atoms with E-state index in [1.807, 2.05) is 56.3 Å². The van der Waals surface area contributed by atoms with Crippen molar-refractivity contribution in [2.75, 3.05) is 20.6 Å². The second-order valence-electron chi connectivity index (χ2n) is 9.57. The molecule has 2 atom stereocenters. The first-order chi connectivity index (χ1) is 18.1. The van der Waals surface area contributed by atoms with E-state index in [1.54, 1.807) is 43.3 Å². The largest absolute Gasteiger partial charge is 0.507 e. The third kappa shape index (κ3) is 5.79. The Hall–Kier alpha value is -3.95. The summed E-state index contributed by atoms with van der Waals surface area (Å²) in [5, 5.41) is 16.0. The summed E-state index contributed by atoms with van der Waals surface area (Å²) in [7, 11) is -0.162. The molecule has 0 aliphatic carbocycles. The highest BCUT2D eigenvalue weighted by molar-refractivity contribution is 7.89. The van der Waals surface area contributed by atoms with Crippen LogP contribution in [0.15, 0.2) is 98.1 Å². The maximum absolute atomic E-state index is 13.3. The smallest absolute Gasteiger partial charge is 0.343 e. The lowest BCUT2D eigenvalue weighted by Gasteiger charge is -2.30. The van der Waals surface area contributed by atoms with Crippen molar-refractivity contribution in [2.24, 2.45) is 11.0 Å². The van der Waals surface area contributed by atoms with Gasteiger partial charge in [0.1, 0.15) is 11.3 Å². The monoisotopic (exact) mass is 533 g/mol. The highest BCUT2D eigenvalue weighted by Crippen LogP contribution is 2.39. The van der Waals surface area contributed by atoms with Crippen molar-refractivity contribution in [3.63, 3.8) is 0 Å². The highest BCUT2D eigenvalue weighted by Gasteiger charge is 2.34. The van der Waals surface area contributed by atoms with Crippen LogP contribution in [0.1, 0.15) is 29.5 Å². The quantitative estimate of drug-likeness (QED) is 0.187. The van der Waals surface area contributed by atoms with Crippen molar-refractivity contribution in [3.8, 4) is 5.75 Å². The molecule has 0 radical (unpaired) electrons. The van der Waals surface area contributed by atoms with E-state index in [0.717, 1.165) is 11.1 Å². The van der Waals surface area contributed by atoms with Crippen molar-refractivity contribution in [2.45, 2.75) is 24.7 Å². The maximum atomic E-state index is 13.3. The van der Waals surface area contributed by atoms with Crippen molar-refractivity contribution in [3.05, 3.63) is 106 Å². The molecule has 8 nitrogen and oxygen atoms in total. The molecule has 0 aliphatic rings. The third-order valence-corrected chi connectivity index (χ3v) is 7.69. The van der Waals surface area contributed by atoms with E-state index in [9.17, 15) is 18.3 Å². The molecule has 0 amide bonds. The van der Waals surface area contributed by atoms with Crippen LogP contribution < -0.4 is 10.5 Å². The van der Waals surface area contributed by atoms with E-state index in [1.165, 1.54) is 12.1 Å². The normalized spacial score (nSPS) is 14.0. The second-order valence-corrected chi connectivity index (χ2v) is 11.2. The van der Waals surface area contributed by atoms with Gasteiger partial charge in [-0.25, -0.2) is 9.63 Å². The number of hydrogen-bond acceptors (Lipinski definition) is 7. The summed E-state index contributed by atoms with van der Waals surface area (Å²) in [6.07, 6.45) is 0. The minimum absolute atomic E-state index is 0.0937. The molecule has 4 aromatic rings. The van der Waals surface area contributed by atoms with Gasteiger partial charge in [-0.3, -0.25) is 0 Å². The minimum atomic E-state index is -3.91. The number of nitrogens with one attached hydrogen (secondary N) is 1. The Balaban J connectivity index is 1.85. The van der Waals surface area contributed by atoms with Crippen LogP contribution in [0.4, 0.5) is 0 Å². The molecular formula is C29H31N3O5S. The lowest BCUT2D eigenvalue weighted by atomic mass is 9.78. The molecule has 0 bridgehead atoms. The summed E-state index contributed by atoms with van der Waals surface area (Å²) in [5.41, 5.74) is 1.85. The van der Waals surface area contributed by atoms with Gasteiger partial charge in [0, 0.05) is 24.1 Å². The van der Waals surface area contributed by atoms with Gasteiger partial charge in [-0.05, 0) is 57.8 Å². The number of fused-ring (bicyclic) bond motifs is 1. The van der Waals surface area contributed by atoms with Gasteiger partial charge < -0.3 is 14.4 Å². The Morgan fingerprint density at radius 1 is 1.00 bits per heavy atom. The van der Waals surface area contributed by atoms with Crippen LogP contribution >= 0.6 is 0 Å². The van der Waals surface area contributed by atoms with Gasteiger partial charge >= 0.3 is 5.63 Å². The van der Waals surface area contributed by atoms with Gasteiger partial charge in [-0.15, -0.1) is 0 Å². The lowest BCUT2D eigenvalue weighted by Crippen LogP contribution is -2.35. The number of hydrogen-bond donors (Lipinski definition) is 2. The van der Waals surface area contributed by atoms with E-state index < -0.39 is 27.5 Å². The summed E-state index contributed by atoms with van der Waals surface area (Å²) >= 11 is 0. The second kappa shape index (κ2) is 11.2. The summed E-state index contributed by atoms with van der Waals surface area (Å²) in [6, 6.07) is 22.6. The van der Waals surface area contributed by atoms with Crippen molar-refractivity contribution >= 4 is 26.7 Å². The highest BCUT2D eigenvalue weighted by atomic mass is 32.2. The van der Waals surface area contributed by atoms with Gasteiger partial charge in [0.15, 0.2) is 0 Å². The molecule has 3 aromatic carbocycles. The average molecular weight is 534 g/mol. The molecule has 0 aliphatic heterocycles. The molecule has 198 valence electrons. The molecule has 0 unspecified atom stereocenters. The summed E-state index contributed by atoms with van der Waals surface area (Å²) < 4.78 is 31.5. The van der Waals surface area contributed by atoms with Gasteiger partial charge in [0.25, 0.3) is 10.0 Å². The van der Waals surface area contributed by atoms with E-state index in [2.05, 4.69) is 9.93 Å². The predicted octanol–water partition coefficient (Wildman–Crippen LogP) is 4.47. The number of aromatic hydroxyl groups is 1. The average Bonchev–Trinajstić information content (AvgIpc) is 2.89. The number of nitrogens with zero attached hydrogens (tertiary/aromatic N) is 2. The molecule has 1 heterocycles. The first-order valence-electron chi connectivity index (χ1n) is 12.2. The molecule has 38 heavy (non-hydrogen) atoms. The predicted molar refractivity (Wildman–Crippen MR) is 149 cm³/mol. The maximum Gasteiger partial charge on any atom is 0.343 e. The van der Waals surface area contributed by atoms with Crippen LogP contribution in [0.25, 0.3) is 11.0 Å². The lowest BCUT2D eigenvalue weighted by molar-refractivity contribution is 0.346. The van der Waals surface area contributed by atoms with Gasteiger partial charge in [-0.2, -0.15) is 13.5 Å². The molecule has 2 N–H and O–H groups in total. The summed E-state index contributed by atoms with van der Waals surface area (Å²) in [5.74, 6) is -1.34. The Bertz CT molecular complexity index is 1610. The zero-order valence-corrected chi connectivity index (χ0v) is 22.6. The summed E-state index contributed by atoms with van der Waals surface area (Å²) in [4.78, 5) is 17.7. The van der Waals surface area contributed by atoms with Crippen LogP contribution in [0.2, 0.25) is 0 Å². The zero-order chi connectivity index (χ0) is 27.4. The van der Waals surface area contributed by atoms with E-state index in [0.29, 0.717) is 17.6 Å². The molecule has 9 heteroatoms. The zero-order valence-electron chi connectivity index (χ0n) is 21.8. The fourth-order valence-corrected chi connectivity index (χ4v) is 5.40. The number of rotatable bonds is 9. The van der Waals surface area contributed by atoms with Gasteiger partial charge in [0.2, 0.25) is 0 Å². The standard InChI is InChI=1S/C29H31N3O5S/c1-19-14-16-22(17-15-19)38(35,36)31-30-20(2)24(18-32(3)4)26(21-10-6-5-7-11-21)27-28(33)23-12-8-9-13-25(23)37-29(27)34/h5-17,24,26,31,33H,18H2,1-4H3/b30-20+/t24-,26+/m0/s1. The Morgan fingerprint density at radius 2 is 1.63 bits per heavy atom. The number of para-hydroxylation sites is 1. The van der Waals surface area contributed by atoms with Gasteiger partial charge in [0.05, 0.1) is 15.8 Å². The Kier molecular flexibility index (Phi) is 7.99. The fraction of sp³-hybridized carbons (Fsp3) is 0.241. The fourth-order valence-electron chi connectivity index (χ4n) is 4.54. The Morgan fingerprint density at radius 3 is 2.29 bits per heavy atom. The van der Waals surface area contributed by atoms with E-state index >= 15 is 0 Å². The molecule has 0 fully saturated rings. The molecule has 1 aromatic heterocycles. The molecular weight excluding hydrogens is 502 g/mol. The Labute approximate surface area is 222 Å². The van der Waals surface area contributed by atoms with E-state index in [-0.39, 0.29) is 21.8 Å². The number of sulfonamides is 1. The molecule has 4 rings (SSSR count).